The van der Waals surface area contributed by atoms with Crippen LogP contribution in [0.2, 0.25) is 5.02 Å². The van der Waals surface area contributed by atoms with Gasteiger partial charge in [0, 0.05) is 23.7 Å². The number of amides is 2. The summed E-state index contributed by atoms with van der Waals surface area (Å²) >= 11 is 5.86. The molecular formula is C19H17ClFN5O2. The molecule has 0 radical (unpaired) electrons. The highest BCUT2D eigenvalue weighted by molar-refractivity contribution is 6.31. The molecule has 0 saturated carbocycles. The van der Waals surface area contributed by atoms with Gasteiger partial charge in [0.15, 0.2) is 0 Å². The minimum Gasteiger partial charge on any atom is -0.489 e. The van der Waals surface area contributed by atoms with Crippen LogP contribution in [0.4, 0.5) is 26.4 Å². The van der Waals surface area contributed by atoms with E-state index in [1.165, 1.54) is 18.5 Å². The number of aromatic nitrogens is 2. The van der Waals surface area contributed by atoms with E-state index in [0.29, 0.717) is 53.5 Å². The van der Waals surface area contributed by atoms with E-state index in [4.69, 9.17) is 16.3 Å². The third-order valence-electron chi connectivity index (χ3n) is 4.33. The third-order valence-corrected chi connectivity index (χ3v) is 4.62. The molecule has 2 amide bonds. The average molecular weight is 402 g/mol. The van der Waals surface area contributed by atoms with Crippen molar-refractivity contribution >= 4 is 45.7 Å². The quantitative estimate of drug-likeness (QED) is 0.691. The third kappa shape index (κ3) is 3.38. The van der Waals surface area contributed by atoms with E-state index in [-0.39, 0.29) is 11.1 Å². The minimum absolute atomic E-state index is 0.0107. The van der Waals surface area contributed by atoms with Gasteiger partial charge in [-0.05, 0) is 31.2 Å². The number of nitrogens with one attached hydrogen (secondary N) is 2. The summed E-state index contributed by atoms with van der Waals surface area (Å²) in [5.74, 6) is 0.597. The highest BCUT2D eigenvalue weighted by Gasteiger charge is 2.25. The number of hydrogen-bond acceptors (Lipinski definition) is 5. The zero-order chi connectivity index (χ0) is 19.7. The van der Waals surface area contributed by atoms with E-state index in [1.807, 2.05) is 13.0 Å². The maximum atomic E-state index is 13.4. The predicted octanol–water partition coefficient (Wildman–Crippen LogP) is 4.09. The van der Waals surface area contributed by atoms with E-state index in [2.05, 4.69) is 20.6 Å². The zero-order valence-electron chi connectivity index (χ0n) is 15.0. The minimum atomic E-state index is -0.497. The topological polar surface area (TPSA) is 79.4 Å². The number of carbonyl (C=O) groups is 1. The van der Waals surface area contributed by atoms with Gasteiger partial charge in [-0.2, -0.15) is 0 Å². The second-order valence-corrected chi connectivity index (χ2v) is 6.56. The maximum Gasteiger partial charge on any atom is 0.322 e. The van der Waals surface area contributed by atoms with Crippen molar-refractivity contribution in [2.75, 3.05) is 29.9 Å². The van der Waals surface area contributed by atoms with Crippen molar-refractivity contribution in [1.29, 1.82) is 0 Å². The molecule has 7 nitrogen and oxygen atoms in total. The number of ether oxygens (including phenoxy) is 1. The Labute approximate surface area is 165 Å². The lowest BCUT2D eigenvalue weighted by Crippen LogP contribution is -2.44. The van der Waals surface area contributed by atoms with Crippen LogP contribution in [0, 0.1) is 5.82 Å². The fourth-order valence-corrected chi connectivity index (χ4v) is 3.21. The monoisotopic (exact) mass is 401 g/mol. The second kappa shape index (κ2) is 7.47. The molecule has 144 valence electrons. The van der Waals surface area contributed by atoms with Gasteiger partial charge in [0.1, 0.15) is 30.3 Å². The van der Waals surface area contributed by atoms with Crippen molar-refractivity contribution < 1.29 is 13.9 Å². The smallest absolute Gasteiger partial charge is 0.322 e. The Kier molecular flexibility index (Phi) is 4.87. The molecule has 3 aromatic rings. The van der Waals surface area contributed by atoms with Crippen LogP contribution in [-0.2, 0) is 0 Å². The fourth-order valence-electron chi connectivity index (χ4n) is 3.03. The van der Waals surface area contributed by atoms with Gasteiger partial charge < -0.3 is 15.4 Å². The van der Waals surface area contributed by atoms with E-state index in [0.717, 1.165) is 0 Å². The van der Waals surface area contributed by atoms with Crippen LogP contribution in [0.1, 0.15) is 6.92 Å². The highest BCUT2D eigenvalue weighted by Crippen LogP contribution is 2.37. The zero-order valence-corrected chi connectivity index (χ0v) is 15.8. The number of rotatable bonds is 3. The molecular weight excluding hydrogens is 385 g/mol. The summed E-state index contributed by atoms with van der Waals surface area (Å²) in [4.78, 5) is 22.6. The highest BCUT2D eigenvalue weighted by atomic mass is 35.5. The number of hydrogen-bond donors (Lipinski definition) is 2. The number of anilines is 3. The number of halogens is 2. The summed E-state index contributed by atoms with van der Waals surface area (Å²) in [6.07, 6.45) is 1.42. The molecule has 0 spiro atoms. The summed E-state index contributed by atoms with van der Waals surface area (Å²) < 4.78 is 19.1. The van der Waals surface area contributed by atoms with Crippen LogP contribution >= 0.6 is 11.6 Å². The molecule has 9 heteroatoms. The van der Waals surface area contributed by atoms with Gasteiger partial charge in [0.05, 0.1) is 22.8 Å². The van der Waals surface area contributed by atoms with Crippen molar-refractivity contribution in [3.05, 3.63) is 47.5 Å². The van der Waals surface area contributed by atoms with Crippen LogP contribution in [0.15, 0.2) is 36.7 Å². The number of nitrogens with zero attached hydrogens (tertiary/aromatic N) is 3. The molecule has 0 saturated heterocycles. The Morgan fingerprint density at radius 1 is 1.32 bits per heavy atom. The second-order valence-electron chi connectivity index (χ2n) is 6.15. The first-order chi connectivity index (χ1) is 13.6. The predicted molar refractivity (Wildman–Crippen MR) is 106 cm³/mol. The van der Waals surface area contributed by atoms with Crippen LogP contribution in [-0.4, -0.2) is 35.7 Å². The van der Waals surface area contributed by atoms with Crippen molar-refractivity contribution in [3.63, 3.8) is 0 Å². The molecule has 0 bridgehead atoms. The lowest BCUT2D eigenvalue weighted by Gasteiger charge is -2.29. The summed E-state index contributed by atoms with van der Waals surface area (Å²) in [6.45, 7) is 3.23. The van der Waals surface area contributed by atoms with Crippen LogP contribution < -0.4 is 20.3 Å². The van der Waals surface area contributed by atoms with Gasteiger partial charge in [-0.25, -0.2) is 19.2 Å². The molecule has 0 unspecified atom stereocenters. The molecule has 2 heterocycles. The Bertz CT molecular complexity index is 1060. The molecule has 2 aromatic carbocycles. The van der Waals surface area contributed by atoms with Gasteiger partial charge >= 0.3 is 6.03 Å². The van der Waals surface area contributed by atoms with E-state index < -0.39 is 5.82 Å². The van der Waals surface area contributed by atoms with Crippen molar-refractivity contribution in [2.45, 2.75) is 6.92 Å². The van der Waals surface area contributed by atoms with Crippen molar-refractivity contribution in [2.24, 2.45) is 0 Å². The van der Waals surface area contributed by atoms with Crippen LogP contribution in [0.5, 0.6) is 5.75 Å². The van der Waals surface area contributed by atoms with E-state index >= 15 is 0 Å². The number of urea groups is 1. The number of fused-ring (bicyclic) bond motifs is 2. The molecule has 0 atom stereocenters. The summed E-state index contributed by atoms with van der Waals surface area (Å²) in [5, 5.41) is 6.64. The van der Waals surface area contributed by atoms with Crippen molar-refractivity contribution in [1.82, 2.24) is 15.3 Å². The molecule has 1 aliphatic rings. The average Bonchev–Trinajstić information content (AvgIpc) is 2.69. The first-order valence-electron chi connectivity index (χ1n) is 8.76. The SMILES string of the molecule is CCNC(=O)N1CCOc2cc3ncnc(Nc4ccc(F)c(Cl)c4)c3cc21. The van der Waals surface area contributed by atoms with Crippen LogP contribution in [0.25, 0.3) is 10.9 Å². The number of benzene rings is 2. The summed E-state index contributed by atoms with van der Waals surface area (Å²) in [7, 11) is 0. The van der Waals surface area contributed by atoms with Gasteiger partial charge in [-0.1, -0.05) is 11.6 Å². The Morgan fingerprint density at radius 3 is 2.96 bits per heavy atom. The van der Waals surface area contributed by atoms with Crippen LogP contribution in [0.3, 0.4) is 0 Å². The largest absolute Gasteiger partial charge is 0.489 e. The van der Waals surface area contributed by atoms with Gasteiger partial charge in [-0.3, -0.25) is 4.90 Å². The maximum absolute atomic E-state index is 13.4. The molecule has 1 aromatic heterocycles. The standard InChI is InChI=1S/C19H17ClFN5O2/c1-2-22-19(27)26-5-6-28-17-9-15-12(8-16(17)26)18(24-10-23-15)25-11-3-4-14(21)13(20)7-11/h3-4,7-10H,2,5-6H2,1H3,(H,22,27)(H,23,24,25). The number of carbonyl (C=O) groups excluding carboxylic acids is 1. The van der Waals surface area contributed by atoms with Gasteiger partial charge in [-0.15, -0.1) is 0 Å². The Hall–Kier alpha value is -3.13. The molecule has 0 aliphatic carbocycles. The summed E-state index contributed by atoms with van der Waals surface area (Å²) in [6, 6.07) is 7.72. The Morgan fingerprint density at radius 2 is 2.18 bits per heavy atom. The first-order valence-corrected chi connectivity index (χ1v) is 9.13. The van der Waals surface area contributed by atoms with Gasteiger partial charge in [0.25, 0.3) is 0 Å². The normalized spacial score (nSPS) is 13.0. The molecule has 28 heavy (non-hydrogen) atoms. The van der Waals surface area contributed by atoms with E-state index in [1.54, 1.807) is 17.0 Å². The molecule has 4 rings (SSSR count). The Balaban J connectivity index is 1.77. The molecule has 0 fully saturated rings. The fraction of sp³-hybridized carbons (Fsp3) is 0.211. The molecule has 1 aliphatic heterocycles. The van der Waals surface area contributed by atoms with Gasteiger partial charge in [0.2, 0.25) is 0 Å². The van der Waals surface area contributed by atoms with E-state index in [9.17, 15) is 9.18 Å². The van der Waals surface area contributed by atoms with Crippen molar-refractivity contribution in [3.8, 4) is 5.75 Å². The lowest BCUT2D eigenvalue weighted by molar-refractivity contribution is 0.240. The lowest BCUT2D eigenvalue weighted by atomic mass is 10.1. The molecule has 2 N–H and O–H groups in total. The first kappa shape index (κ1) is 18.2. The summed E-state index contributed by atoms with van der Waals surface area (Å²) in [5.41, 5.74) is 1.88.